The summed E-state index contributed by atoms with van der Waals surface area (Å²) in [6, 6.07) is -0.945. The van der Waals surface area contributed by atoms with Gasteiger partial charge < -0.3 is 15.7 Å². The van der Waals surface area contributed by atoms with Crippen molar-refractivity contribution in [1.82, 2.24) is 4.90 Å². The number of likely N-dealkylation sites (tertiary alicyclic amines) is 1. The van der Waals surface area contributed by atoms with Crippen LogP contribution in [0.1, 0.15) is 6.42 Å². The topological polar surface area (TPSA) is 83.6 Å². The van der Waals surface area contributed by atoms with E-state index in [2.05, 4.69) is 0 Å². The van der Waals surface area contributed by atoms with Crippen molar-refractivity contribution in [2.45, 2.75) is 12.5 Å². The maximum atomic E-state index is 10.7. The summed E-state index contributed by atoms with van der Waals surface area (Å²) in [4.78, 5) is 22.3. The first-order valence-electron chi connectivity index (χ1n) is 3.37. The third-order valence-electron chi connectivity index (χ3n) is 1.68. The van der Waals surface area contributed by atoms with Gasteiger partial charge in [0.15, 0.2) is 0 Å². The molecule has 0 spiro atoms. The summed E-state index contributed by atoms with van der Waals surface area (Å²) in [5.41, 5.74) is 5.20. The third-order valence-corrected chi connectivity index (χ3v) is 1.68. The molecule has 0 radical (unpaired) electrons. The molecule has 5 heteroatoms. The van der Waals surface area contributed by atoms with E-state index >= 15 is 0 Å². The minimum absolute atomic E-state index is 0.0123. The summed E-state index contributed by atoms with van der Waals surface area (Å²) in [5.74, 6) is -1.08. The Morgan fingerprint density at radius 1 is 1.82 bits per heavy atom. The minimum Gasteiger partial charge on any atom is -0.480 e. The Bertz CT molecular complexity index is 184. The van der Waals surface area contributed by atoms with Crippen LogP contribution < -0.4 is 5.73 Å². The Morgan fingerprint density at radius 2 is 2.45 bits per heavy atom. The van der Waals surface area contributed by atoms with Crippen LogP contribution in [0.25, 0.3) is 0 Å². The number of amides is 1. The van der Waals surface area contributed by atoms with Crippen molar-refractivity contribution in [2.24, 2.45) is 5.73 Å². The molecule has 0 aliphatic carbocycles. The van der Waals surface area contributed by atoms with Crippen LogP contribution >= 0.6 is 0 Å². The number of hydrogen-bond acceptors (Lipinski definition) is 3. The summed E-state index contributed by atoms with van der Waals surface area (Å²) in [6.45, 7) is 0.772. The van der Waals surface area contributed by atoms with E-state index in [1.807, 2.05) is 0 Å². The average Bonchev–Trinajstić information content (AvgIpc) is 1.96. The van der Waals surface area contributed by atoms with E-state index in [-0.39, 0.29) is 12.5 Å². The fourth-order valence-corrected chi connectivity index (χ4v) is 0.870. The zero-order valence-electron chi connectivity index (χ0n) is 5.99. The molecule has 62 valence electrons. The van der Waals surface area contributed by atoms with Gasteiger partial charge in [-0.25, -0.2) is 0 Å². The van der Waals surface area contributed by atoms with Gasteiger partial charge in [0.1, 0.15) is 6.04 Å². The van der Waals surface area contributed by atoms with Crippen LogP contribution in [-0.2, 0) is 9.59 Å². The molecule has 0 aromatic rings. The largest absolute Gasteiger partial charge is 0.480 e. The van der Waals surface area contributed by atoms with Crippen molar-refractivity contribution in [3.63, 3.8) is 0 Å². The second-order valence-electron chi connectivity index (χ2n) is 2.53. The second kappa shape index (κ2) is 2.87. The zero-order chi connectivity index (χ0) is 8.43. The minimum atomic E-state index is -1.07. The maximum absolute atomic E-state index is 10.7. The molecule has 0 aromatic heterocycles. The molecule has 3 N–H and O–H groups in total. The van der Waals surface area contributed by atoms with Gasteiger partial charge in [0.05, 0.1) is 0 Å². The first-order valence-corrected chi connectivity index (χ1v) is 3.37. The molecule has 1 amide bonds. The normalized spacial score (nSPS) is 19.4. The lowest BCUT2D eigenvalue weighted by atomic mass is 10.1. The second-order valence-corrected chi connectivity index (χ2v) is 2.53. The lowest BCUT2D eigenvalue weighted by Crippen LogP contribution is -2.51. The van der Waals surface area contributed by atoms with Crippen molar-refractivity contribution >= 4 is 11.9 Å². The number of nitrogens with two attached hydrogens (primary N) is 1. The van der Waals surface area contributed by atoms with Crippen LogP contribution in [-0.4, -0.2) is 41.0 Å². The van der Waals surface area contributed by atoms with E-state index in [1.54, 1.807) is 0 Å². The van der Waals surface area contributed by atoms with E-state index in [1.165, 1.54) is 4.90 Å². The fraction of sp³-hybridized carbons (Fsp3) is 0.667. The van der Waals surface area contributed by atoms with Crippen molar-refractivity contribution in [1.29, 1.82) is 0 Å². The number of carboxylic acid groups (broad SMARTS) is 1. The highest BCUT2D eigenvalue weighted by atomic mass is 16.4. The molecule has 0 saturated carbocycles. The SMILES string of the molecule is NC(CN1CCC1=O)C(=O)O. The summed E-state index contributed by atoms with van der Waals surface area (Å²) < 4.78 is 0. The van der Waals surface area contributed by atoms with E-state index in [0.29, 0.717) is 13.0 Å². The highest BCUT2D eigenvalue weighted by Crippen LogP contribution is 2.07. The van der Waals surface area contributed by atoms with Crippen LogP contribution in [0.4, 0.5) is 0 Å². The van der Waals surface area contributed by atoms with Gasteiger partial charge in [-0.3, -0.25) is 9.59 Å². The third kappa shape index (κ3) is 1.68. The Morgan fingerprint density at radius 3 is 2.73 bits per heavy atom. The molecule has 1 heterocycles. The summed E-state index contributed by atoms with van der Waals surface area (Å²) in [6.07, 6.45) is 0.520. The lowest BCUT2D eigenvalue weighted by Gasteiger charge is -2.31. The van der Waals surface area contributed by atoms with Crippen molar-refractivity contribution in [3.8, 4) is 0 Å². The van der Waals surface area contributed by atoms with Gasteiger partial charge in [-0.2, -0.15) is 0 Å². The smallest absolute Gasteiger partial charge is 0.322 e. The quantitative estimate of drug-likeness (QED) is 0.496. The molecule has 0 bridgehead atoms. The summed E-state index contributed by atoms with van der Waals surface area (Å²) in [7, 11) is 0. The number of carboxylic acids is 1. The van der Waals surface area contributed by atoms with Crippen LogP contribution in [0.15, 0.2) is 0 Å². The van der Waals surface area contributed by atoms with Crippen LogP contribution in [0.2, 0.25) is 0 Å². The molecule has 1 fully saturated rings. The summed E-state index contributed by atoms with van der Waals surface area (Å²) >= 11 is 0. The molecule has 1 saturated heterocycles. The van der Waals surface area contributed by atoms with Crippen LogP contribution in [0, 0.1) is 0 Å². The standard InChI is InChI=1S/C6H10N2O3/c7-4(6(10)11)3-8-2-1-5(8)9/h4H,1-3,7H2,(H,10,11). The van der Waals surface area contributed by atoms with Gasteiger partial charge >= 0.3 is 5.97 Å². The number of carbonyl (C=O) groups excluding carboxylic acids is 1. The molecule has 11 heavy (non-hydrogen) atoms. The number of aliphatic carboxylic acids is 1. The molecule has 1 aliphatic rings. The van der Waals surface area contributed by atoms with E-state index < -0.39 is 12.0 Å². The van der Waals surface area contributed by atoms with Crippen molar-refractivity contribution in [3.05, 3.63) is 0 Å². The highest BCUT2D eigenvalue weighted by molar-refractivity contribution is 5.82. The number of nitrogens with zero attached hydrogens (tertiary/aromatic N) is 1. The van der Waals surface area contributed by atoms with Gasteiger partial charge in [0.25, 0.3) is 0 Å². The molecule has 0 aromatic carbocycles. The molecule has 1 unspecified atom stereocenters. The molecule has 1 rings (SSSR count). The maximum Gasteiger partial charge on any atom is 0.322 e. The first-order chi connectivity index (χ1) is 5.11. The van der Waals surface area contributed by atoms with Crippen molar-refractivity contribution < 1.29 is 14.7 Å². The van der Waals surface area contributed by atoms with Gasteiger partial charge in [0, 0.05) is 19.5 Å². The number of β-lactam (4-membered cyclic amide) rings is 1. The monoisotopic (exact) mass is 158 g/mol. The van der Waals surface area contributed by atoms with E-state index in [9.17, 15) is 9.59 Å². The number of carbonyl (C=O) groups is 2. The lowest BCUT2D eigenvalue weighted by molar-refractivity contribution is -0.143. The Labute approximate surface area is 63.8 Å². The van der Waals surface area contributed by atoms with Gasteiger partial charge in [-0.05, 0) is 0 Å². The number of rotatable bonds is 3. The molecule has 1 atom stereocenters. The molecule has 1 aliphatic heterocycles. The average molecular weight is 158 g/mol. The Balaban J connectivity index is 2.30. The predicted molar refractivity (Wildman–Crippen MR) is 36.8 cm³/mol. The number of hydrogen-bond donors (Lipinski definition) is 2. The predicted octanol–water partition coefficient (Wildman–Crippen LogP) is -1.37. The molecule has 5 nitrogen and oxygen atoms in total. The fourth-order valence-electron chi connectivity index (χ4n) is 0.870. The van der Waals surface area contributed by atoms with Gasteiger partial charge in [-0.1, -0.05) is 0 Å². The Hall–Kier alpha value is -1.10. The van der Waals surface area contributed by atoms with E-state index in [0.717, 1.165) is 0 Å². The van der Waals surface area contributed by atoms with Crippen molar-refractivity contribution in [2.75, 3.05) is 13.1 Å². The van der Waals surface area contributed by atoms with Gasteiger partial charge in [-0.15, -0.1) is 0 Å². The zero-order valence-corrected chi connectivity index (χ0v) is 5.99. The van der Waals surface area contributed by atoms with Gasteiger partial charge in [0.2, 0.25) is 5.91 Å². The first kappa shape index (κ1) is 8.00. The van der Waals surface area contributed by atoms with Crippen LogP contribution in [0.5, 0.6) is 0 Å². The molecular weight excluding hydrogens is 148 g/mol. The summed E-state index contributed by atoms with van der Waals surface area (Å²) in [5, 5.41) is 8.37. The Kier molecular flexibility index (Phi) is 2.09. The molecular formula is C6H10N2O3. The highest BCUT2D eigenvalue weighted by Gasteiger charge is 2.27. The van der Waals surface area contributed by atoms with E-state index in [4.69, 9.17) is 10.8 Å². The van der Waals surface area contributed by atoms with Crippen LogP contribution in [0.3, 0.4) is 0 Å².